The van der Waals surface area contributed by atoms with Crippen molar-refractivity contribution < 1.29 is 9.59 Å². The average molecular weight is 249 g/mol. The van der Waals surface area contributed by atoms with Gasteiger partial charge in [0.1, 0.15) is 0 Å². The molecule has 4 N–H and O–H groups in total. The molecule has 0 aliphatic carbocycles. The van der Waals surface area contributed by atoms with Gasteiger partial charge >= 0.3 is 0 Å². The Morgan fingerprint density at radius 2 is 1.89 bits per heavy atom. The zero-order valence-electron chi connectivity index (χ0n) is 10.9. The second-order valence-electron chi connectivity index (χ2n) is 4.71. The van der Waals surface area contributed by atoms with Gasteiger partial charge in [-0.25, -0.2) is 0 Å². The van der Waals surface area contributed by atoms with E-state index in [1.807, 2.05) is 31.2 Å². The molecule has 0 aromatic heterocycles. The van der Waals surface area contributed by atoms with Crippen LogP contribution in [0.3, 0.4) is 0 Å². The SMILES string of the molecule is Cc1ccccc1NC(=O)CNC(C)(C)C(N)=O. The number of carbonyl (C=O) groups is 2. The van der Waals surface area contributed by atoms with E-state index in [2.05, 4.69) is 10.6 Å². The van der Waals surface area contributed by atoms with Gasteiger partial charge < -0.3 is 11.1 Å². The topological polar surface area (TPSA) is 84.2 Å². The highest BCUT2D eigenvalue weighted by Crippen LogP contribution is 2.12. The Morgan fingerprint density at radius 3 is 2.44 bits per heavy atom. The van der Waals surface area contributed by atoms with Crippen molar-refractivity contribution in [3.05, 3.63) is 29.8 Å². The first-order valence-electron chi connectivity index (χ1n) is 5.73. The highest BCUT2D eigenvalue weighted by Gasteiger charge is 2.24. The molecule has 0 aliphatic rings. The van der Waals surface area contributed by atoms with Gasteiger partial charge in [-0.2, -0.15) is 0 Å². The molecule has 0 saturated heterocycles. The minimum atomic E-state index is -0.900. The summed E-state index contributed by atoms with van der Waals surface area (Å²) in [5, 5.41) is 5.58. The second kappa shape index (κ2) is 5.64. The van der Waals surface area contributed by atoms with E-state index in [1.165, 1.54) is 0 Å². The molecule has 0 aliphatic heterocycles. The van der Waals surface area contributed by atoms with Crippen molar-refractivity contribution in [3.63, 3.8) is 0 Å². The lowest BCUT2D eigenvalue weighted by Gasteiger charge is -2.21. The molecular formula is C13H19N3O2. The lowest BCUT2D eigenvalue weighted by molar-refractivity contribution is -0.123. The predicted octanol–water partition coefficient (Wildman–Crippen LogP) is 0.787. The van der Waals surface area contributed by atoms with E-state index in [4.69, 9.17) is 5.73 Å². The minimum absolute atomic E-state index is 0.0320. The van der Waals surface area contributed by atoms with E-state index >= 15 is 0 Å². The number of aryl methyl sites for hydroxylation is 1. The number of nitrogens with one attached hydrogen (secondary N) is 2. The molecule has 0 spiro atoms. The van der Waals surface area contributed by atoms with Crippen LogP contribution in [0.15, 0.2) is 24.3 Å². The van der Waals surface area contributed by atoms with Crippen molar-refractivity contribution in [2.45, 2.75) is 26.3 Å². The van der Waals surface area contributed by atoms with Crippen LogP contribution in [-0.4, -0.2) is 23.9 Å². The molecule has 98 valence electrons. The largest absolute Gasteiger partial charge is 0.368 e. The Morgan fingerprint density at radius 1 is 1.28 bits per heavy atom. The Labute approximate surface area is 107 Å². The third-order valence-electron chi connectivity index (χ3n) is 2.73. The smallest absolute Gasteiger partial charge is 0.238 e. The van der Waals surface area contributed by atoms with Gasteiger partial charge in [0.2, 0.25) is 11.8 Å². The molecule has 0 atom stereocenters. The van der Waals surface area contributed by atoms with Crippen molar-refractivity contribution in [1.82, 2.24) is 5.32 Å². The molecule has 18 heavy (non-hydrogen) atoms. The highest BCUT2D eigenvalue weighted by atomic mass is 16.2. The van der Waals surface area contributed by atoms with Gasteiger partial charge in [0.25, 0.3) is 0 Å². The fourth-order valence-corrected chi connectivity index (χ4v) is 1.30. The van der Waals surface area contributed by atoms with Gasteiger partial charge in [0.05, 0.1) is 12.1 Å². The summed E-state index contributed by atoms with van der Waals surface area (Å²) in [5.41, 5.74) is 6.05. The Kier molecular flexibility index (Phi) is 4.44. The molecule has 1 aromatic carbocycles. The van der Waals surface area contributed by atoms with Gasteiger partial charge in [-0.15, -0.1) is 0 Å². The zero-order chi connectivity index (χ0) is 13.8. The number of carbonyl (C=O) groups excluding carboxylic acids is 2. The van der Waals surface area contributed by atoms with Gasteiger partial charge in [-0.3, -0.25) is 14.9 Å². The van der Waals surface area contributed by atoms with Crippen LogP contribution < -0.4 is 16.4 Å². The Balaban J connectivity index is 2.54. The van der Waals surface area contributed by atoms with Crippen LogP contribution in [0.1, 0.15) is 19.4 Å². The first-order valence-corrected chi connectivity index (χ1v) is 5.73. The molecule has 0 heterocycles. The number of nitrogens with two attached hydrogens (primary N) is 1. The van der Waals surface area contributed by atoms with E-state index in [1.54, 1.807) is 13.8 Å². The fourth-order valence-electron chi connectivity index (χ4n) is 1.30. The lowest BCUT2D eigenvalue weighted by Crippen LogP contribution is -2.52. The molecule has 5 nitrogen and oxygen atoms in total. The van der Waals surface area contributed by atoms with Crippen LogP contribution in [-0.2, 0) is 9.59 Å². The fraction of sp³-hybridized carbons (Fsp3) is 0.385. The van der Waals surface area contributed by atoms with E-state index < -0.39 is 11.4 Å². The number of para-hydroxylation sites is 1. The average Bonchev–Trinajstić information content (AvgIpc) is 2.29. The van der Waals surface area contributed by atoms with Crippen molar-refractivity contribution in [2.75, 3.05) is 11.9 Å². The highest BCUT2D eigenvalue weighted by molar-refractivity contribution is 5.93. The summed E-state index contributed by atoms with van der Waals surface area (Å²) in [6, 6.07) is 7.49. The summed E-state index contributed by atoms with van der Waals surface area (Å²) in [6.45, 7) is 5.22. The lowest BCUT2D eigenvalue weighted by atomic mass is 10.1. The summed E-state index contributed by atoms with van der Waals surface area (Å²) >= 11 is 0. The summed E-state index contributed by atoms with van der Waals surface area (Å²) in [4.78, 5) is 22.8. The number of rotatable bonds is 5. The molecule has 1 rings (SSSR count). The van der Waals surface area contributed by atoms with E-state index in [-0.39, 0.29) is 12.5 Å². The van der Waals surface area contributed by atoms with Gasteiger partial charge in [0, 0.05) is 5.69 Å². The maximum Gasteiger partial charge on any atom is 0.238 e. The number of anilines is 1. The third-order valence-corrected chi connectivity index (χ3v) is 2.73. The third kappa shape index (κ3) is 3.85. The molecule has 0 radical (unpaired) electrons. The number of primary amides is 1. The second-order valence-corrected chi connectivity index (χ2v) is 4.71. The van der Waals surface area contributed by atoms with E-state index in [0.717, 1.165) is 11.3 Å². The first-order chi connectivity index (χ1) is 8.33. The maximum atomic E-state index is 11.7. The molecule has 2 amide bonds. The van der Waals surface area contributed by atoms with Crippen LogP contribution in [0.5, 0.6) is 0 Å². The number of benzene rings is 1. The van der Waals surface area contributed by atoms with Crippen molar-refractivity contribution in [2.24, 2.45) is 5.73 Å². The van der Waals surface area contributed by atoms with Crippen LogP contribution in [0.2, 0.25) is 0 Å². The van der Waals surface area contributed by atoms with Crippen LogP contribution in [0.25, 0.3) is 0 Å². The zero-order valence-corrected chi connectivity index (χ0v) is 10.9. The van der Waals surface area contributed by atoms with Gasteiger partial charge in [-0.05, 0) is 32.4 Å². The molecule has 0 bridgehead atoms. The first kappa shape index (κ1) is 14.2. The summed E-state index contributed by atoms with van der Waals surface area (Å²) in [7, 11) is 0. The normalized spacial score (nSPS) is 11.1. The van der Waals surface area contributed by atoms with Gasteiger partial charge in [0.15, 0.2) is 0 Å². The van der Waals surface area contributed by atoms with Crippen LogP contribution in [0, 0.1) is 6.92 Å². The maximum absolute atomic E-state index is 11.7. The quantitative estimate of drug-likeness (QED) is 0.721. The number of hydrogen-bond donors (Lipinski definition) is 3. The Bertz CT molecular complexity index is 455. The molecule has 0 saturated carbocycles. The molecule has 0 unspecified atom stereocenters. The number of amides is 2. The number of hydrogen-bond acceptors (Lipinski definition) is 3. The summed E-state index contributed by atoms with van der Waals surface area (Å²) in [6.07, 6.45) is 0. The van der Waals surface area contributed by atoms with Crippen molar-refractivity contribution in [3.8, 4) is 0 Å². The van der Waals surface area contributed by atoms with Gasteiger partial charge in [-0.1, -0.05) is 18.2 Å². The molecule has 0 fully saturated rings. The monoisotopic (exact) mass is 249 g/mol. The van der Waals surface area contributed by atoms with Crippen molar-refractivity contribution >= 4 is 17.5 Å². The molecular weight excluding hydrogens is 230 g/mol. The Hall–Kier alpha value is -1.88. The molecule has 5 heteroatoms. The van der Waals surface area contributed by atoms with E-state index in [0.29, 0.717) is 0 Å². The van der Waals surface area contributed by atoms with Crippen molar-refractivity contribution in [1.29, 1.82) is 0 Å². The predicted molar refractivity (Wildman–Crippen MR) is 71.1 cm³/mol. The standard InChI is InChI=1S/C13H19N3O2/c1-9-6-4-5-7-10(9)16-11(17)8-15-13(2,3)12(14)18/h4-7,15H,8H2,1-3H3,(H2,14,18)(H,16,17). The summed E-state index contributed by atoms with van der Waals surface area (Å²) in [5.74, 6) is -0.704. The van der Waals surface area contributed by atoms with Crippen LogP contribution in [0.4, 0.5) is 5.69 Å². The molecule has 1 aromatic rings. The van der Waals surface area contributed by atoms with Crippen LogP contribution >= 0.6 is 0 Å². The minimum Gasteiger partial charge on any atom is -0.368 e. The summed E-state index contributed by atoms with van der Waals surface area (Å²) < 4.78 is 0. The van der Waals surface area contributed by atoms with E-state index in [9.17, 15) is 9.59 Å².